The minimum Gasteiger partial charge on any atom is -0.389 e. The topological polar surface area (TPSA) is 108 Å². The zero-order chi connectivity index (χ0) is 25.7. The summed E-state index contributed by atoms with van der Waals surface area (Å²) in [5.41, 5.74) is 4.60. The number of hydrogen-bond acceptors (Lipinski definition) is 8. The lowest BCUT2D eigenvalue weighted by Crippen LogP contribution is -2.56. The van der Waals surface area contributed by atoms with Gasteiger partial charge in [0.15, 0.2) is 11.5 Å². The van der Waals surface area contributed by atoms with E-state index in [1.165, 1.54) is 0 Å². The van der Waals surface area contributed by atoms with Gasteiger partial charge in [-0.2, -0.15) is 10.4 Å². The Hall–Kier alpha value is -3.30. The number of aryl methyl sites for hydroxylation is 1. The van der Waals surface area contributed by atoms with E-state index in [2.05, 4.69) is 54.0 Å². The van der Waals surface area contributed by atoms with Crippen LogP contribution in [0.3, 0.4) is 0 Å². The quantitative estimate of drug-likeness (QED) is 0.395. The van der Waals surface area contributed by atoms with Gasteiger partial charge in [-0.05, 0) is 60.1 Å². The van der Waals surface area contributed by atoms with Crippen molar-refractivity contribution in [3.63, 3.8) is 0 Å². The molecule has 2 aliphatic heterocycles. The van der Waals surface area contributed by atoms with E-state index in [4.69, 9.17) is 9.72 Å². The molecule has 0 aliphatic carbocycles. The number of imidazole rings is 1. The van der Waals surface area contributed by atoms with Crippen molar-refractivity contribution in [2.45, 2.75) is 26.0 Å². The summed E-state index contributed by atoms with van der Waals surface area (Å²) >= 11 is 3.77. The number of anilines is 1. The Morgan fingerprint density at radius 3 is 2.59 bits per heavy atom. The van der Waals surface area contributed by atoms with E-state index in [1.54, 1.807) is 24.0 Å². The first kappa shape index (κ1) is 24.1. The molecule has 1 atom stereocenters. The Morgan fingerprint density at radius 2 is 1.95 bits per heavy atom. The number of piperazine rings is 1. The largest absolute Gasteiger partial charge is 0.389 e. The van der Waals surface area contributed by atoms with Gasteiger partial charge in [0.25, 0.3) is 0 Å². The Morgan fingerprint density at radius 1 is 1.16 bits per heavy atom. The number of aliphatic hydroxyl groups is 1. The Labute approximate surface area is 222 Å². The van der Waals surface area contributed by atoms with E-state index in [9.17, 15) is 10.4 Å². The van der Waals surface area contributed by atoms with Gasteiger partial charge in [0, 0.05) is 41.9 Å². The Bertz CT molecular complexity index is 1510. The lowest BCUT2D eigenvalue weighted by Gasteiger charge is -2.43. The van der Waals surface area contributed by atoms with Gasteiger partial charge in [0.1, 0.15) is 18.2 Å². The van der Waals surface area contributed by atoms with Crippen molar-refractivity contribution in [3.8, 4) is 17.7 Å². The average molecular weight is 563 g/mol. The third-order valence-electron chi connectivity index (χ3n) is 7.20. The van der Waals surface area contributed by atoms with E-state index in [0.717, 1.165) is 66.3 Å². The number of fused-ring (bicyclic) bond motifs is 1. The molecule has 190 valence electrons. The predicted molar refractivity (Wildman–Crippen MR) is 142 cm³/mol. The third kappa shape index (κ3) is 4.30. The zero-order valence-electron chi connectivity index (χ0n) is 20.7. The van der Waals surface area contributed by atoms with E-state index < -0.39 is 6.10 Å². The maximum absolute atomic E-state index is 10.4. The molecule has 10 nitrogen and oxygen atoms in total. The highest BCUT2D eigenvalue weighted by molar-refractivity contribution is 9.10. The number of rotatable bonds is 5. The van der Waals surface area contributed by atoms with Crippen molar-refractivity contribution in [3.05, 3.63) is 58.1 Å². The van der Waals surface area contributed by atoms with Crippen molar-refractivity contribution >= 4 is 32.7 Å². The molecule has 0 bridgehead atoms. The number of aliphatic hydroxyl groups excluding tert-OH is 1. The lowest BCUT2D eigenvalue weighted by molar-refractivity contribution is -0.0660. The van der Waals surface area contributed by atoms with E-state index >= 15 is 0 Å². The standard InChI is InChI=1S/C26H27BrN8O2/c1-16-9-18(12-28)31-35(16)26-20(17(2)36)3-4-25(30-26)34-15-29-22-10-21(27)23(11-24(22)34)33-7-5-32(6-8-33)19-13-37-14-19/h3-4,9-11,15,17,19,36H,5-8,13-14H2,1-2H3. The Balaban J connectivity index is 1.38. The summed E-state index contributed by atoms with van der Waals surface area (Å²) in [6.45, 7) is 9.15. The number of pyridine rings is 1. The van der Waals surface area contributed by atoms with Gasteiger partial charge >= 0.3 is 0 Å². The summed E-state index contributed by atoms with van der Waals surface area (Å²) in [4.78, 5) is 14.4. The van der Waals surface area contributed by atoms with Crippen LogP contribution in [0, 0.1) is 18.3 Å². The molecule has 6 rings (SSSR count). The maximum atomic E-state index is 10.4. The highest BCUT2D eigenvalue weighted by Gasteiger charge is 2.29. The molecule has 0 radical (unpaired) electrons. The first-order valence-electron chi connectivity index (χ1n) is 12.3. The Kier molecular flexibility index (Phi) is 6.20. The zero-order valence-corrected chi connectivity index (χ0v) is 22.3. The van der Waals surface area contributed by atoms with Gasteiger partial charge in [0.2, 0.25) is 0 Å². The molecular formula is C26H27BrN8O2. The summed E-state index contributed by atoms with van der Waals surface area (Å²) in [6, 6.07) is 12.3. The maximum Gasteiger partial charge on any atom is 0.163 e. The average Bonchev–Trinajstić information content (AvgIpc) is 3.45. The highest BCUT2D eigenvalue weighted by atomic mass is 79.9. The van der Waals surface area contributed by atoms with Crippen LogP contribution in [0.15, 0.2) is 41.1 Å². The molecule has 2 saturated heterocycles. The molecule has 4 aromatic rings. The third-order valence-corrected chi connectivity index (χ3v) is 7.83. The second kappa shape index (κ2) is 9.54. The molecule has 3 aromatic heterocycles. The van der Waals surface area contributed by atoms with Crippen molar-refractivity contribution in [1.82, 2.24) is 29.2 Å². The summed E-state index contributed by atoms with van der Waals surface area (Å²) < 4.78 is 9.95. The number of benzene rings is 1. The summed E-state index contributed by atoms with van der Waals surface area (Å²) in [5, 5.41) is 24.1. The minimum absolute atomic E-state index is 0.300. The number of nitriles is 1. The second-order valence-corrected chi connectivity index (χ2v) is 10.4. The molecule has 11 heteroatoms. The molecule has 1 N–H and O–H groups in total. The van der Waals surface area contributed by atoms with Crippen LogP contribution in [0.4, 0.5) is 5.69 Å². The van der Waals surface area contributed by atoms with Gasteiger partial charge in [-0.3, -0.25) is 9.47 Å². The molecule has 2 aliphatic rings. The highest BCUT2D eigenvalue weighted by Crippen LogP contribution is 2.33. The number of ether oxygens (including phenoxy) is 1. The van der Waals surface area contributed by atoms with Crippen LogP contribution in [0.5, 0.6) is 0 Å². The normalized spacial score (nSPS) is 17.6. The van der Waals surface area contributed by atoms with Gasteiger partial charge in [0.05, 0.1) is 42.1 Å². The van der Waals surface area contributed by atoms with Crippen molar-refractivity contribution in [1.29, 1.82) is 5.26 Å². The molecule has 0 spiro atoms. The first-order valence-corrected chi connectivity index (χ1v) is 13.1. The van der Waals surface area contributed by atoms with Crippen LogP contribution in [0.25, 0.3) is 22.7 Å². The fraction of sp³-hybridized carbons (Fsp3) is 0.385. The smallest absolute Gasteiger partial charge is 0.163 e. The molecule has 5 heterocycles. The van der Waals surface area contributed by atoms with Crippen LogP contribution < -0.4 is 4.90 Å². The summed E-state index contributed by atoms with van der Waals surface area (Å²) in [5.74, 6) is 1.14. The molecule has 0 amide bonds. The fourth-order valence-corrected chi connectivity index (χ4v) is 5.61. The number of hydrogen-bond donors (Lipinski definition) is 1. The van der Waals surface area contributed by atoms with Crippen LogP contribution in [-0.2, 0) is 4.74 Å². The van der Waals surface area contributed by atoms with E-state index in [-0.39, 0.29) is 0 Å². The van der Waals surface area contributed by atoms with Crippen LogP contribution in [0.2, 0.25) is 0 Å². The molecule has 1 aromatic carbocycles. The van der Waals surface area contributed by atoms with Crippen molar-refractivity contribution in [2.75, 3.05) is 44.3 Å². The van der Waals surface area contributed by atoms with E-state index in [0.29, 0.717) is 28.9 Å². The van der Waals surface area contributed by atoms with Crippen LogP contribution in [0.1, 0.15) is 30.0 Å². The van der Waals surface area contributed by atoms with Gasteiger partial charge in [-0.1, -0.05) is 0 Å². The summed E-state index contributed by atoms with van der Waals surface area (Å²) in [6.07, 6.45) is 1.01. The van der Waals surface area contributed by atoms with Gasteiger partial charge in [-0.25, -0.2) is 14.6 Å². The van der Waals surface area contributed by atoms with E-state index in [1.807, 2.05) is 23.6 Å². The predicted octanol–water partition coefficient (Wildman–Crippen LogP) is 3.12. The summed E-state index contributed by atoms with van der Waals surface area (Å²) in [7, 11) is 0. The first-order chi connectivity index (χ1) is 17.9. The van der Waals surface area contributed by atoms with Crippen molar-refractivity contribution in [2.24, 2.45) is 0 Å². The monoisotopic (exact) mass is 562 g/mol. The van der Waals surface area contributed by atoms with Crippen molar-refractivity contribution < 1.29 is 9.84 Å². The molecular weight excluding hydrogens is 536 g/mol. The number of aromatic nitrogens is 5. The fourth-order valence-electron chi connectivity index (χ4n) is 5.03. The van der Waals surface area contributed by atoms with Gasteiger partial charge in [-0.15, -0.1) is 0 Å². The van der Waals surface area contributed by atoms with Gasteiger partial charge < -0.3 is 14.7 Å². The van der Waals surface area contributed by atoms with Crippen LogP contribution >= 0.6 is 15.9 Å². The molecule has 2 fully saturated rings. The number of halogens is 1. The SMILES string of the molecule is Cc1cc(C#N)nn1-c1nc(-n2cnc3cc(Br)c(N4CCN(C5COC5)CC4)cc32)ccc1C(C)O. The minimum atomic E-state index is -0.752. The number of nitrogens with zero attached hydrogens (tertiary/aromatic N) is 8. The lowest BCUT2D eigenvalue weighted by atomic mass is 10.1. The second-order valence-electron chi connectivity index (χ2n) is 9.57. The molecule has 1 unspecified atom stereocenters. The van der Waals surface area contributed by atoms with Crippen LogP contribution in [-0.4, -0.2) is 79.8 Å². The molecule has 37 heavy (non-hydrogen) atoms. The molecule has 0 saturated carbocycles.